The van der Waals surface area contributed by atoms with Gasteiger partial charge in [-0.15, -0.1) is 11.3 Å². The molecule has 1 amide bonds. The molecule has 0 aromatic carbocycles. The number of thiazole rings is 1. The van der Waals surface area contributed by atoms with E-state index in [0.29, 0.717) is 24.7 Å². The molecule has 5 nitrogen and oxygen atoms in total. The minimum absolute atomic E-state index is 0.0383. The maximum absolute atomic E-state index is 12.4. The quantitative estimate of drug-likeness (QED) is 0.866. The molecule has 6 heteroatoms. The van der Waals surface area contributed by atoms with E-state index < -0.39 is 0 Å². The molecular formula is C14H22N4OS. The largest absolute Gasteiger partial charge is 0.353 e. The number of piperidine rings is 1. The van der Waals surface area contributed by atoms with Crippen molar-refractivity contribution >= 4 is 17.2 Å². The molecule has 1 aromatic rings. The van der Waals surface area contributed by atoms with Crippen molar-refractivity contribution in [3.63, 3.8) is 0 Å². The molecular weight excluding hydrogens is 272 g/mol. The molecule has 1 aromatic heterocycles. The molecule has 3 unspecified atom stereocenters. The number of nitrogens with one attached hydrogen (secondary N) is 1. The van der Waals surface area contributed by atoms with E-state index >= 15 is 0 Å². The lowest BCUT2D eigenvalue weighted by molar-refractivity contribution is -0.123. The minimum atomic E-state index is -0.299. The van der Waals surface area contributed by atoms with Gasteiger partial charge in [0.2, 0.25) is 5.91 Å². The Hall–Kier alpha value is -0.980. The highest BCUT2D eigenvalue weighted by atomic mass is 32.1. The van der Waals surface area contributed by atoms with E-state index in [2.05, 4.69) is 22.2 Å². The SMILES string of the molecule is CN1C2CCC1CC(NC(=O)C(CN)c1nccs1)C2. The van der Waals surface area contributed by atoms with Gasteiger partial charge in [0.05, 0.1) is 0 Å². The second kappa shape index (κ2) is 5.79. The Balaban J connectivity index is 1.62. The lowest BCUT2D eigenvalue weighted by atomic mass is 9.97. The first kappa shape index (κ1) is 14.0. The summed E-state index contributed by atoms with van der Waals surface area (Å²) >= 11 is 1.50. The number of hydrogen-bond acceptors (Lipinski definition) is 5. The Kier molecular flexibility index (Phi) is 4.05. The zero-order valence-electron chi connectivity index (χ0n) is 11.8. The van der Waals surface area contributed by atoms with Gasteiger partial charge in [-0.1, -0.05) is 0 Å². The highest BCUT2D eigenvalue weighted by molar-refractivity contribution is 7.09. The molecule has 20 heavy (non-hydrogen) atoms. The molecule has 0 spiro atoms. The fourth-order valence-corrected chi connectivity index (χ4v) is 4.31. The summed E-state index contributed by atoms with van der Waals surface area (Å²) in [5.41, 5.74) is 5.76. The first-order valence-electron chi connectivity index (χ1n) is 7.30. The van der Waals surface area contributed by atoms with Gasteiger partial charge in [0.25, 0.3) is 0 Å². The van der Waals surface area contributed by atoms with Gasteiger partial charge in [0.1, 0.15) is 10.9 Å². The highest BCUT2D eigenvalue weighted by Gasteiger charge is 2.39. The smallest absolute Gasteiger partial charge is 0.231 e. The van der Waals surface area contributed by atoms with Crippen LogP contribution in [0.5, 0.6) is 0 Å². The van der Waals surface area contributed by atoms with Crippen LogP contribution < -0.4 is 11.1 Å². The van der Waals surface area contributed by atoms with Crippen LogP contribution in [-0.4, -0.2) is 47.5 Å². The number of aromatic nitrogens is 1. The number of nitrogens with two attached hydrogens (primary N) is 1. The Bertz CT molecular complexity index is 450. The molecule has 2 saturated heterocycles. The van der Waals surface area contributed by atoms with Crippen LogP contribution in [-0.2, 0) is 4.79 Å². The van der Waals surface area contributed by atoms with Crippen molar-refractivity contribution in [3.8, 4) is 0 Å². The van der Waals surface area contributed by atoms with Crippen LogP contribution in [0.4, 0.5) is 0 Å². The van der Waals surface area contributed by atoms with Crippen LogP contribution in [0.15, 0.2) is 11.6 Å². The monoisotopic (exact) mass is 294 g/mol. The van der Waals surface area contributed by atoms with Crippen LogP contribution in [0.1, 0.15) is 36.6 Å². The van der Waals surface area contributed by atoms with Gasteiger partial charge in [-0.2, -0.15) is 0 Å². The minimum Gasteiger partial charge on any atom is -0.353 e. The van der Waals surface area contributed by atoms with Crippen LogP contribution in [0.2, 0.25) is 0 Å². The summed E-state index contributed by atoms with van der Waals surface area (Å²) in [6.07, 6.45) is 6.38. The van der Waals surface area contributed by atoms with Gasteiger partial charge in [-0.05, 0) is 32.7 Å². The summed E-state index contributed by atoms with van der Waals surface area (Å²) in [5.74, 6) is -0.260. The number of nitrogens with zero attached hydrogens (tertiary/aromatic N) is 2. The molecule has 3 rings (SSSR count). The molecule has 0 radical (unpaired) electrons. The molecule has 0 aliphatic carbocycles. The van der Waals surface area contributed by atoms with E-state index in [-0.39, 0.29) is 11.8 Å². The maximum atomic E-state index is 12.4. The maximum Gasteiger partial charge on any atom is 0.231 e. The van der Waals surface area contributed by atoms with Crippen LogP contribution >= 0.6 is 11.3 Å². The third kappa shape index (κ3) is 2.60. The summed E-state index contributed by atoms with van der Waals surface area (Å²) in [4.78, 5) is 19.1. The Labute approximate surface area is 123 Å². The Morgan fingerprint density at radius 3 is 2.80 bits per heavy atom. The first-order chi connectivity index (χ1) is 9.69. The molecule has 2 fully saturated rings. The van der Waals surface area contributed by atoms with E-state index in [1.165, 1.54) is 24.2 Å². The van der Waals surface area contributed by atoms with E-state index in [0.717, 1.165) is 17.8 Å². The fourth-order valence-electron chi connectivity index (χ4n) is 3.56. The van der Waals surface area contributed by atoms with Gasteiger partial charge in [-0.25, -0.2) is 4.98 Å². The van der Waals surface area contributed by atoms with Crippen molar-refractivity contribution in [2.24, 2.45) is 5.73 Å². The summed E-state index contributed by atoms with van der Waals surface area (Å²) in [6, 6.07) is 1.57. The fraction of sp³-hybridized carbons (Fsp3) is 0.714. The van der Waals surface area contributed by atoms with Crippen molar-refractivity contribution in [1.82, 2.24) is 15.2 Å². The number of fused-ring (bicyclic) bond motifs is 2. The predicted octanol–water partition coefficient (Wildman–Crippen LogP) is 0.927. The average molecular weight is 294 g/mol. The van der Waals surface area contributed by atoms with E-state index in [9.17, 15) is 4.79 Å². The number of rotatable bonds is 4. The standard InChI is InChI=1S/C14H22N4OS/c1-18-10-2-3-11(18)7-9(6-10)17-13(19)12(8-15)14-16-4-5-20-14/h4-5,9-12H,2-3,6-8,15H2,1H3,(H,17,19). The van der Waals surface area contributed by atoms with E-state index in [4.69, 9.17) is 5.73 Å². The number of carbonyl (C=O) groups excluding carboxylic acids is 1. The topological polar surface area (TPSA) is 71.2 Å². The van der Waals surface area contributed by atoms with Gasteiger partial charge in [0.15, 0.2) is 0 Å². The van der Waals surface area contributed by atoms with Crippen molar-refractivity contribution in [1.29, 1.82) is 0 Å². The molecule has 3 atom stereocenters. The zero-order chi connectivity index (χ0) is 14.1. The van der Waals surface area contributed by atoms with Crippen LogP contribution in [0.25, 0.3) is 0 Å². The molecule has 0 saturated carbocycles. The van der Waals surface area contributed by atoms with Gasteiger partial charge in [0, 0.05) is 36.2 Å². The van der Waals surface area contributed by atoms with Crippen molar-refractivity contribution in [2.75, 3.05) is 13.6 Å². The molecule has 2 bridgehead atoms. The third-order valence-electron chi connectivity index (χ3n) is 4.75. The van der Waals surface area contributed by atoms with Crippen molar-refractivity contribution in [3.05, 3.63) is 16.6 Å². The predicted molar refractivity (Wildman–Crippen MR) is 79.6 cm³/mol. The lowest BCUT2D eigenvalue weighted by Gasteiger charge is -2.37. The highest BCUT2D eigenvalue weighted by Crippen LogP contribution is 2.34. The second-order valence-corrected chi connectivity index (χ2v) is 6.81. The van der Waals surface area contributed by atoms with Crippen molar-refractivity contribution in [2.45, 2.75) is 49.7 Å². The molecule has 3 heterocycles. The summed E-state index contributed by atoms with van der Waals surface area (Å²) in [5, 5.41) is 5.91. The second-order valence-electron chi connectivity index (χ2n) is 5.89. The third-order valence-corrected chi connectivity index (χ3v) is 5.64. The van der Waals surface area contributed by atoms with Crippen LogP contribution in [0, 0.1) is 0 Å². The molecule has 2 aliphatic heterocycles. The molecule has 110 valence electrons. The molecule has 2 aliphatic rings. The lowest BCUT2D eigenvalue weighted by Crippen LogP contribution is -2.50. The van der Waals surface area contributed by atoms with Crippen LogP contribution in [0.3, 0.4) is 0 Å². The Morgan fingerprint density at radius 2 is 2.25 bits per heavy atom. The first-order valence-corrected chi connectivity index (χ1v) is 8.18. The number of amides is 1. The Morgan fingerprint density at radius 1 is 1.55 bits per heavy atom. The van der Waals surface area contributed by atoms with Gasteiger partial charge in [-0.3, -0.25) is 4.79 Å². The summed E-state index contributed by atoms with van der Waals surface area (Å²) < 4.78 is 0. The van der Waals surface area contributed by atoms with Gasteiger partial charge < -0.3 is 16.0 Å². The van der Waals surface area contributed by atoms with E-state index in [1.54, 1.807) is 6.20 Å². The molecule has 3 N–H and O–H groups in total. The summed E-state index contributed by atoms with van der Waals surface area (Å²) in [7, 11) is 2.21. The van der Waals surface area contributed by atoms with Crippen molar-refractivity contribution < 1.29 is 4.79 Å². The zero-order valence-corrected chi connectivity index (χ0v) is 12.6. The van der Waals surface area contributed by atoms with Gasteiger partial charge >= 0.3 is 0 Å². The number of carbonyl (C=O) groups is 1. The van der Waals surface area contributed by atoms with E-state index in [1.807, 2.05) is 5.38 Å². The number of hydrogen-bond donors (Lipinski definition) is 2. The average Bonchev–Trinajstić information content (AvgIpc) is 2.99. The summed E-state index contributed by atoms with van der Waals surface area (Å²) in [6.45, 7) is 0.318. The normalized spacial score (nSPS) is 31.2.